The van der Waals surface area contributed by atoms with Gasteiger partial charge in [0.1, 0.15) is 0 Å². The van der Waals surface area contributed by atoms with E-state index >= 15 is 0 Å². The van der Waals surface area contributed by atoms with Crippen LogP contribution in [0.15, 0.2) is 0 Å². The zero-order chi connectivity index (χ0) is 28.8. The number of likely N-dealkylation sites (tertiary alicyclic amines) is 3. The second-order valence-electron chi connectivity index (χ2n) is 14.1. The van der Waals surface area contributed by atoms with Crippen LogP contribution in [0.25, 0.3) is 0 Å². The van der Waals surface area contributed by atoms with Gasteiger partial charge in [-0.15, -0.1) is 31.5 Å². The molecule has 0 aromatic carbocycles. The van der Waals surface area contributed by atoms with Gasteiger partial charge >= 0.3 is 175 Å². The van der Waals surface area contributed by atoms with Crippen LogP contribution in [0.1, 0.15) is 104 Å². The van der Waals surface area contributed by atoms with Crippen LogP contribution in [0.5, 0.6) is 0 Å². The molecule has 0 spiro atoms. The van der Waals surface area contributed by atoms with E-state index in [-0.39, 0.29) is 180 Å². The third kappa shape index (κ3) is 15.8. The Hall–Kier alpha value is 4.81. The average molecular weight is 775 g/mol. The van der Waals surface area contributed by atoms with Crippen LogP contribution in [0, 0.1) is 53.3 Å². The van der Waals surface area contributed by atoms with Gasteiger partial charge < -0.3 is 14.7 Å². The molecular weight excluding hydrogens is 711 g/mol. The van der Waals surface area contributed by atoms with Gasteiger partial charge in [-0.05, 0) is 54.6 Å². The quantitative estimate of drug-likeness (QED) is 0.301. The number of rotatable bonds is 6. The molecule has 7 heteroatoms. The number of carbonyl (C=O) groups is 1. The van der Waals surface area contributed by atoms with E-state index in [0.29, 0.717) is 30.0 Å². The zero-order valence-electron chi connectivity index (χ0n) is 30.5. The van der Waals surface area contributed by atoms with Crippen molar-refractivity contribution < 1.29 is 179 Å². The Morgan fingerprint density at radius 1 is 0.550 bits per heavy atom. The number of carbonyl (C=O) groups excluding carboxylic acids is 1. The summed E-state index contributed by atoms with van der Waals surface area (Å²) in [5.74, 6) is 8.93. The molecule has 3 atom stereocenters. The van der Waals surface area contributed by atoms with Crippen LogP contribution in [-0.2, 0) is 4.79 Å². The van der Waals surface area contributed by atoms with E-state index in [1.165, 1.54) is 32.1 Å². The van der Waals surface area contributed by atoms with Crippen LogP contribution < -0.4 is 175 Å². The second kappa shape index (κ2) is 24.0. The largest absolute Gasteiger partial charge is 1.00 e. The maximum absolute atomic E-state index is 11.9. The van der Waals surface area contributed by atoms with E-state index in [4.69, 9.17) is 0 Å². The number of amides is 1. The number of hydrogen-bond acceptors (Lipinski definition) is 3. The molecule has 0 radical (unpaired) electrons. The standard InChI is InChI=1S/C11H20NO.2C11H22N.3Rb/c1-7(2)10-9(5)6-12(8(3)4)11(10)13;2*1-8(2)11-7-12(9(3)4)6-10(11)5;;;/h7-8,10H,6H2,1-5H3;2*8-9,11H,6-7H2,1-5H3;;;/q3*-1;3*+1. The van der Waals surface area contributed by atoms with Crippen molar-refractivity contribution in [3.8, 4) is 0 Å². The molecule has 0 N–H and O–H groups in total. The van der Waals surface area contributed by atoms with Crippen molar-refractivity contribution >= 4 is 5.91 Å². The van der Waals surface area contributed by atoms with Crippen LogP contribution in [0.4, 0.5) is 0 Å². The van der Waals surface area contributed by atoms with Gasteiger partial charge in [0.25, 0.3) is 0 Å². The first-order valence-electron chi connectivity index (χ1n) is 15.2. The van der Waals surface area contributed by atoms with E-state index < -0.39 is 0 Å². The Balaban J connectivity index is -0.000000495. The molecule has 1 amide bonds. The minimum Gasteiger partial charge on any atom is -0.372 e. The molecule has 0 aliphatic carbocycles. The summed E-state index contributed by atoms with van der Waals surface area (Å²) in [6, 6.07) is 1.76. The normalized spacial score (nSPS) is 24.9. The van der Waals surface area contributed by atoms with Crippen molar-refractivity contribution in [3.05, 3.63) is 17.8 Å². The summed E-state index contributed by atoms with van der Waals surface area (Å²) < 4.78 is 0. The maximum Gasteiger partial charge on any atom is 1.00 e. The van der Waals surface area contributed by atoms with Gasteiger partial charge in [-0.2, -0.15) is 20.8 Å². The first-order valence-corrected chi connectivity index (χ1v) is 15.2. The van der Waals surface area contributed by atoms with Crippen LogP contribution in [0.2, 0.25) is 0 Å². The Kier molecular flexibility index (Phi) is 29.5. The first kappa shape index (κ1) is 49.2. The molecular formula is C33H64N3ORb3. The molecule has 0 saturated carbocycles. The van der Waals surface area contributed by atoms with E-state index in [0.717, 1.165) is 30.2 Å². The summed E-state index contributed by atoms with van der Waals surface area (Å²) in [4.78, 5) is 19.0. The first-order chi connectivity index (χ1) is 17.0. The Labute approximate surface area is 399 Å². The summed E-state index contributed by atoms with van der Waals surface area (Å²) in [5, 5.41) is 0. The molecule has 220 valence electrons. The minimum absolute atomic E-state index is 0. The third-order valence-corrected chi connectivity index (χ3v) is 8.89. The SMILES string of the molecule is C[C-]1CN(C(C)C)C(=O)C1C(C)C.C[C-]1CN(C(C)C)CC1C(C)C.C[C-]1CN(C(C)C)CC1C(C)C.[Rb+].[Rb+].[Rb+]. The molecule has 3 fully saturated rings. The minimum atomic E-state index is 0. The van der Waals surface area contributed by atoms with E-state index in [1.54, 1.807) is 11.8 Å². The van der Waals surface area contributed by atoms with E-state index in [1.807, 2.05) is 4.90 Å². The van der Waals surface area contributed by atoms with Gasteiger partial charge in [-0.25, -0.2) is 0 Å². The summed E-state index contributed by atoms with van der Waals surface area (Å²) >= 11 is 0. The molecule has 3 heterocycles. The van der Waals surface area contributed by atoms with Gasteiger partial charge in [0.05, 0.1) is 0 Å². The summed E-state index contributed by atoms with van der Waals surface area (Å²) in [5.41, 5.74) is 0. The molecule has 3 unspecified atom stereocenters. The Morgan fingerprint density at radius 3 is 1.05 bits per heavy atom. The molecule has 3 aliphatic heterocycles. The average Bonchev–Trinajstić information content (AvgIpc) is 3.43. The van der Waals surface area contributed by atoms with Crippen LogP contribution in [-0.4, -0.2) is 71.5 Å². The van der Waals surface area contributed by atoms with E-state index in [2.05, 4.69) is 114 Å². The molecule has 0 aromatic heterocycles. The second-order valence-corrected chi connectivity index (χ2v) is 14.1. The topological polar surface area (TPSA) is 26.8 Å². The number of hydrogen-bond donors (Lipinski definition) is 0. The number of nitrogens with zero attached hydrogens (tertiary/aromatic N) is 3. The molecule has 3 aliphatic rings. The van der Waals surface area contributed by atoms with E-state index in [9.17, 15) is 4.79 Å². The fraction of sp³-hybridized carbons (Fsp3) is 0.879. The van der Waals surface area contributed by atoms with Crippen molar-refractivity contribution in [2.75, 3.05) is 32.7 Å². The Bertz CT molecular complexity index is 637. The van der Waals surface area contributed by atoms with Crippen molar-refractivity contribution in [2.45, 2.75) is 122 Å². The molecule has 3 saturated heterocycles. The van der Waals surface area contributed by atoms with Crippen molar-refractivity contribution in [2.24, 2.45) is 35.5 Å². The fourth-order valence-electron chi connectivity index (χ4n) is 6.29. The van der Waals surface area contributed by atoms with Gasteiger partial charge in [-0.1, -0.05) is 65.2 Å². The van der Waals surface area contributed by atoms with Gasteiger partial charge in [0.2, 0.25) is 0 Å². The molecule has 40 heavy (non-hydrogen) atoms. The summed E-state index contributed by atoms with van der Waals surface area (Å²) in [7, 11) is 0. The van der Waals surface area contributed by atoms with Gasteiger partial charge in [0, 0.05) is 18.1 Å². The fourth-order valence-corrected chi connectivity index (χ4v) is 6.29. The summed E-state index contributed by atoms with van der Waals surface area (Å²) in [6.07, 6.45) is 0. The van der Waals surface area contributed by atoms with Crippen LogP contribution in [0.3, 0.4) is 0 Å². The predicted molar refractivity (Wildman–Crippen MR) is 162 cm³/mol. The Morgan fingerprint density at radius 2 is 0.900 bits per heavy atom. The maximum atomic E-state index is 11.9. The predicted octanol–water partition coefficient (Wildman–Crippen LogP) is -1.73. The van der Waals surface area contributed by atoms with Crippen LogP contribution >= 0.6 is 0 Å². The van der Waals surface area contributed by atoms with Gasteiger partial charge in [0.15, 0.2) is 5.91 Å². The third-order valence-electron chi connectivity index (χ3n) is 8.89. The van der Waals surface area contributed by atoms with Crippen molar-refractivity contribution in [3.63, 3.8) is 0 Å². The molecule has 0 aromatic rings. The smallest absolute Gasteiger partial charge is 0.372 e. The zero-order valence-corrected chi connectivity index (χ0v) is 45.2. The molecule has 4 nitrogen and oxygen atoms in total. The van der Waals surface area contributed by atoms with Crippen molar-refractivity contribution in [1.29, 1.82) is 0 Å². The summed E-state index contributed by atoms with van der Waals surface area (Å²) in [6.45, 7) is 39.5. The monoisotopic (exact) mass is 773 g/mol. The van der Waals surface area contributed by atoms with Gasteiger partial charge in [-0.3, -0.25) is 22.5 Å². The molecule has 3 rings (SSSR count). The molecule has 0 bridgehead atoms. The van der Waals surface area contributed by atoms with Crippen molar-refractivity contribution in [1.82, 2.24) is 14.7 Å².